The Morgan fingerprint density at radius 2 is 1.07 bits per heavy atom. The number of thiocarbonyl (C=S) groups is 2. The zero-order chi connectivity index (χ0) is 30.2. The fraction of sp³-hybridized carbons (Fsp3) is 0.152. The first-order valence-corrected chi connectivity index (χ1v) is 16.2. The predicted molar refractivity (Wildman–Crippen MR) is 186 cm³/mol. The summed E-state index contributed by atoms with van der Waals surface area (Å²) >= 11 is 11.1. The van der Waals surface area contributed by atoms with E-state index < -0.39 is 10.0 Å². The van der Waals surface area contributed by atoms with Gasteiger partial charge in [-0.1, -0.05) is 90.5 Å². The number of nitrogens with one attached hydrogen (secondary N) is 4. The lowest BCUT2D eigenvalue weighted by Crippen LogP contribution is -2.43. The summed E-state index contributed by atoms with van der Waals surface area (Å²) in [6.45, 7) is 2.98. The number of anilines is 2. The van der Waals surface area contributed by atoms with Gasteiger partial charge in [0.25, 0.3) is 0 Å². The lowest BCUT2D eigenvalue weighted by molar-refractivity contribution is 0.416. The molecule has 0 fully saturated rings. The van der Waals surface area contributed by atoms with Crippen molar-refractivity contribution in [1.82, 2.24) is 14.9 Å². The molecule has 7 nitrogen and oxygen atoms in total. The SMILES string of the molecule is Cc1ccc(S(=O)(=O)N(CCNC(=S)Nc2cccc3ccccc23)CCNC(=S)Nc2cccc3ccccc23)cc1. The fourth-order valence-corrected chi connectivity index (χ4v) is 6.67. The minimum absolute atomic E-state index is 0.207. The van der Waals surface area contributed by atoms with E-state index in [2.05, 4.69) is 21.3 Å². The molecule has 220 valence electrons. The molecule has 0 aromatic heterocycles. The van der Waals surface area contributed by atoms with Gasteiger partial charge in [0, 0.05) is 48.3 Å². The van der Waals surface area contributed by atoms with Crippen molar-refractivity contribution >= 4 is 77.6 Å². The van der Waals surface area contributed by atoms with Gasteiger partial charge in [0.05, 0.1) is 4.90 Å². The molecule has 0 bridgehead atoms. The standard InChI is InChI=1S/C33H33N5O2S3/c1-24-16-18-27(19-17-24)43(39,40)38(22-20-34-32(41)36-30-14-6-10-25-8-2-4-12-28(25)30)23-21-35-33(42)37-31-15-7-11-26-9-3-5-13-29(26)31/h2-19H,20-23H2,1H3,(H2,34,36,41)(H2,35,37,42). The molecule has 0 spiro atoms. The molecule has 0 atom stereocenters. The van der Waals surface area contributed by atoms with Crippen LogP contribution in [-0.2, 0) is 10.0 Å². The molecule has 0 saturated carbocycles. The van der Waals surface area contributed by atoms with Crippen molar-refractivity contribution in [2.24, 2.45) is 0 Å². The first-order chi connectivity index (χ1) is 20.8. The van der Waals surface area contributed by atoms with Crippen molar-refractivity contribution in [1.29, 1.82) is 0 Å². The second-order valence-corrected chi connectivity index (χ2v) is 12.8. The quantitative estimate of drug-likeness (QED) is 0.135. The minimum atomic E-state index is -3.76. The molecule has 5 rings (SSSR count). The van der Waals surface area contributed by atoms with Crippen LogP contribution >= 0.6 is 24.4 Å². The molecule has 0 saturated heterocycles. The topological polar surface area (TPSA) is 85.5 Å². The second-order valence-electron chi connectivity index (χ2n) is 10.0. The smallest absolute Gasteiger partial charge is 0.243 e. The van der Waals surface area contributed by atoms with Crippen LogP contribution in [0.3, 0.4) is 0 Å². The molecule has 43 heavy (non-hydrogen) atoms. The van der Waals surface area contributed by atoms with Crippen molar-refractivity contribution in [2.45, 2.75) is 11.8 Å². The van der Waals surface area contributed by atoms with Crippen molar-refractivity contribution in [3.8, 4) is 0 Å². The molecule has 0 aliphatic heterocycles. The first kappa shape index (κ1) is 30.4. The van der Waals surface area contributed by atoms with E-state index in [1.165, 1.54) is 4.31 Å². The van der Waals surface area contributed by atoms with Gasteiger partial charge < -0.3 is 21.3 Å². The fourth-order valence-electron chi connectivity index (χ4n) is 4.80. The molecular formula is C33H33N5O2S3. The van der Waals surface area contributed by atoms with Gasteiger partial charge in [-0.2, -0.15) is 4.31 Å². The van der Waals surface area contributed by atoms with E-state index >= 15 is 0 Å². The summed E-state index contributed by atoms with van der Waals surface area (Å²) in [5.41, 5.74) is 2.76. The maximum atomic E-state index is 13.6. The van der Waals surface area contributed by atoms with Crippen LogP contribution in [0.25, 0.3) is 21.5 Å². The van der Waals surface area contributed by atoms with Crippen LogP contribution in [0.2, 0.25) is 0 Å². The monoisotopic (exact) mass is 627 g/mol. The molecule has 0 aliphatic carbocycles. The van der Waals surface area contributed by atoms with Gasteiger partial charge in [-0.25, -0.2) is 8.42 Å². The highest BCUT2D eigenvalue weighted by molar-refractivity contribution is 7.89. The van der Waals surface area contributed by atoms with Crippen molar-refractivity contribution in [3.63, 3.8) is 0 Å². The Morgan fingerprint density at radius 3 is 1.56 bits per heavy atom. The number of hydrogen-bond acceptors (Lipinski definition) is 4. The van der Waals surface area contributed by atoms with Crippen LogP contribution in [0.5, 0.6) is 0 Å². The van der Waals surface area contributed by atoms with Crippen LogP contribution in [0, 0.1) is 6.92 Å². The molecule has 0 radical (unpaired) electrons. The molecule has 0 unspecified atom stereocenters. The number of rotatable bonds is 10. The van der Waals surface area contributed by atoms with Crippen molar-refractivity contribution in [2.75, 3.05) is 36.8 Å². The molecule has 4 N–H and O–H groups in total. The van der Waals surface area contributed by atoms with Crippen LogP contribution in [0.15, 0.2) is 114 Å². The molecular weight excluding hydrogens is 595 g/mol. The first-order valence-electron chi connectivity index (χ1n) is 13.9. The summed E-state index contributed by atoms with van der Waals surface area (Å²) in [7, 11) is -3.76. The summed E-state index contributed by atoms with van der Waals surface area (Å²) in [6.07, 6.45) is 0. The molecule has 0 heterocycles. The number of benzene rings is 5. The summed E-state index contributed by atoms with van der Waals surface area (Å²) < 4.78 is 28.7. The Morgan fingerprint density at radius 1 is 0.628 bits per heavy atom. The van der Waals surface area contributed by atoms with Crippen LogP contribution in [-0.4, -0.2) is 49.1 Å². The van der Waals surface area contributed by atoms with Crippen molar-refractivity contribution < 1.29 is 8.42 Å². The zero-order valence-corrected chi connectivity index (χ0v) is 26.2. The number of sulfonamides is 1. The largest absolute Gasteiger partial charge is 0.361 e. The van der Waals surface area contributed by atoms with Gasteiger partial charge >= 0.3 is 0 Å². The third-order valence-corrected chi connectivity index (χ3v) is 9.43. The minimum Gasteiger partial charge on any atom is -0.361 e. The Balaban J connectivity index is 1.22. The summed E-state index contributed by atoms with van der Waals surface area (Å²) in [5.74, 6) is 0. The number of nitrogens with zero attached hydrogens (tertiary/aromatic N) is 1. The predicted octanol–water partition coefficient (Wildman–Crippen LogP) is 6.27. The maximum Gasteiger partial charge on any atom is 0.243 e. The number of aryl methyl sites for hydroxylation is 1. The third-order valence-electron chi connectivity index (χ3n) is 7.03. The Hall–Kier alpha value is -4.09. The van der Waals surface area contributed by atoms with E-state index in [-0.39, 0.29) is 18.0 Å². The average molecular weight is 628 g/mol. The highest BCUT2D eigenvalue weighted by Crippen LogP contribution is 2.24. The van der Waals surface area contributed by atoms with E-state index in [0.717, 1.165) is 38.5 Å². The lowest BCUT2D eigenvalue weighted by Gasteiger charge is -2.24. The van der Waals surface area contributed by atoms with Gasteiger partial charge in [-0.3, -0.25) is 0 Å². The highest BCUT2D eigenvalue weighted by atomic mass is 32.2. The third kappa shape index (κ3) is 7.66. The van der Waals surface area contributed by atoms with Gasteiger partial charge in [0.2, 0.25) is 10.0 Å². The van der Waals surface area contributed by atoms with E-state index in [9.17, 15) is 8.42 Å². The van der Waals surface area contributed by atoms with Crippen LogP contribution < -0.4 is 21.3 Å². The maximum absolute atomic E-state index is 13.6. The molecule has 0 amide bonds. The number of fused-ring (bicyclic) bond motifs is 2. The van der Waals surface area contributed by atoms with E-state index in [1.54, 1.807) is 24.3 Å². The number of hydrogen-bond donors (Lipinski definition) is 4. The van der Waals surface area contributed by atoms with Gasteiger partial charge in [0.15, 0.2) is 10.2 Å². The summed E-state index contributed by atoms with van der Waals surface area (Å²) in [4.78, 5) is 0.242. The Labute approximate surface area is 263 Å². The molecule has 10 heteroatoms. The zero-order valence-electron chi connectivity index (χ0n) is 23.7. The molecule has 5 aromatic carbocycles. The van der Waals surface area contributed by atoms with E-state index in [0.29, 0.717) is 23.3 Å². The summed E-state index contributed by atoms with van der Waals surface area (Å²) in [6, 6.07) is 34.9. The van der Waals surface area contributed by atoms with Crippen molar-refractivity contribution in [3.05, 3.63) is 115 Å². The van der Waals surface area contributed by atoms with E-state index in [4.69, 9.17) is 24.4 Å². The van der Waals surface area contributed by atoms with Gasteiger partial charge in [-0.05, 0) is 66.4 Å². The lowest BCUT2D eigenvalue weighted by atomic mass is 10.1. The Kier molecular flexibility index (Phi) is 9.83. The Bertz CT molecular complexity index is 1750. The summed E-state index contributed by atoms with van der Waals surface area (Å²) in [5, 5.41) is 18.0. The van der Waals surface area contributed by atoms with Gasteiger partial charge in [-0.15, -0.1) is 0 Å². The highest BCUT2D eigenvalue weighted by Gasteiger charge is 2.24. The van der Waals surface area contributed by atoms with E-state index in [1.807, 2.05) is 91.9 Å². The second kappa shape index (κ2) is 13.9. The van der Waals surface area contributed by atoms with Crippen LogP contribution in [0.1, 0.15) is 5.56 Å². The molecule has 5 aromatic rings. The van der Waals surface area contributed by atoms with Crippen LogP contribution in [0.4, 0.5) is 11.4 Å². The molecule has 0 aliphatic rings. The van der Waals surface area contributed by atoms with Gasteiger partial charge in [0.1, 0.15) is 0 Å². The normalized spacial score (nSPS) is 11.4. The average Bonchev–Trinajstić information content (AvgIpc) is 3.01.